The zero-order chi connectivity index (χ0) is 53.6. The average molecular weight is 1040 g/mol. The van der Waals surface area contributed by atoms with Crippen LogP contribution in [0.15, 0.2) is 288 Å². The maximum atomic E-state index is 7.37. The molecule has 16 aromatic carbocycles. The molecule has 0 unspecified atom stereocenters. The van der Waals surface area contributed by atoms with Crippen molar-refractivity contribution < 1.29 is 8.83 Å². The Balaban J connectivity index is 0.858. The van der Waals surface area contributed by atoms with Crippen molar-refractivity contribution in [3.63, 3.8) is 0 Å². The Labute approximate surface area is 470 Å². The van der Waals surface area contributed by atoms with Crippen molar-refractivity contribution in [3.8, 4) is 55.6 Å². The second-order valence-corrected chi connectivity index (χ2v) is 22.1. The van der Waals surface area contributed by atoms with Crippen LogP contribution in [0.2, 0.25) is 0 Å². The Hall–Kier alpha value is -10.8. The van der Waals surface area contributed by atoms with Gasteiger partial charge in [-0.15, -0.1) is 0 Å². The van der Waals surface area contributed by atoms with Crippen molar-refractivity contribution in [3.05, 3.63) is 279 Å². The van der Waals surface area contributed by atoms with Gasteiger partial charge in [0.25, 0.3) is 0 Å². The van der Waals surface area contributed by atoms with E-state index in [2.05, 4.69) is 279 Å². The molecular weight excluding hydrogens is 993 g/mol. The van der Waals surface area contributed by atoms with E-state index in [9.17, 15) is 0 Å². The van der Waals surface area contributed by atoms with Gasteiger partial charge >= 0.3 is 0 Å². The highest BCUT2D eigenvalue weighted by atomic mass is 16.3. The maximum absolute atomic E-state index is 7.37. The van der Waals surface area contributed by atoms with Crippen LogP contribution >= 0.6 is 0 Å². The molecule has 0 radical (unpaired) electrons. The lowest BCUT2D eigenvalue weighted by atomic mass is 9.83. The fraction of sp³-hybridized carbons (Fsp3) is 0. The van der Waals surface area contributed by atoms with Gasteiger partial charge in [0, 0.05) is 43.8 Å². The van der Waals surface area contributed by atoms with Gasteiger partial charge in [0.15, 0.2) is 0 Å². The minimum atomic E-state index is 0.853. The SMILES string of the molecule is c1ccc2cc(-c3c4ccccc4c(-c4c5ccc(-c6ccc7c(c6)oc6c(-c8c9ccccc9c(-c9cccc%10ccccc9%10)c9ccccc89)c8ccccc8cc67)cc5cc5c4oc4ccccc45)c4ccccc34)ccc2c1. The predicted octanol–water partition coefficient (Wildman–Crippen LogP) is 23.0. The molecule has 0 saturated heterocycles. The molecule has 18 rings (SSSR count). The van der Waals surface area contributed by atoms with E-state index in [0.717, 1.165) is 82.3 Å². The molecule has 0 atom stereocenters. The first-order valence-electron chi connectivity index (χ1n) is 28.3. The molecular formula is C80H46O2. The van der Waals surface area contributed by atoms with E-state index < -0.39 is 0 Å². The van der Waals surface area contributed by atoms with Gasteiger partial charge < -0.3 is 8.83 Å². The summed E-state index contributed by atoms with van der Waals surface area (Å²) in [6.45, 7) is 0. The van der Waals surface area contributed by atoms with E-state index in [1.165, 1.54) is 103 Å². The highest BCUT2D eigenvalue weighted by Gasteiger charge is 2.26. The van der Waals surface area contributed by atoms with Gasteiger partial charge in [0.05, 0.1) is 0 Å². The van der Waals surface area contributed by atoms with Gasteiger partial charge in [0.1, 0.15) is 22.3 Å². The van der Waals surface area contributed by atoms with Crippen molar-refractivity contribution >= 4 is 130 Å². The molecule has 82 heavy (non-hydrogen) atoms. The molecule has 2 heteroatoms. The molecule has 0 fully saturated rings. The van der Waals surface area contributed by atoms with Crippen molar-refractivity contribution in [2.24, 2.45) is 0 Å². The second-order valence-electron chi connectivity index (χ2n) is 22.1. The number of para-hydroxylation sites is 1. The first-order chi connectivity index (χ1) is 40.7. The van der Waals surface area contributed by atoms with Gasteiger partial charge in [-0.25, -0.2) is 0 Å². The molecule has 2 aromatic heterocycles. The fourth-order valence-electron chi connectivity index (χ4n) is 14.2. The van der Waals surface area contributed by atoms with Gasteiger partial charge in [0.2, 0.25) is 0 Å². The smallest absolute Gasteiger partial charge is 0.143 e. The van der Waals surface area contributed by atoms with Gasteiger partial charge in [-0.3, -0.25) is 0 Å². The normalized spacial score (nSPS) is 12.1. The van der Waals surface area contributed by atoms with Crippen molar-refractivity contribution in [2.45, 2.75) is 0 Å². The van der Waals surface area contributed by atoms with Crippen molar-refractivity contribution in [1.29, 1.82) is 0 Å². The van der Waals surface area contributed by atoms with Crippen molar-refractivity contribution in [2.75, 3.05) is 0 Å². The monoisotopic (exact) mass is 1040 g/mol. The molecule has 0 amide bonds. The summed E-state index contributed by atoms with van der Waals surface area (Å²) in [4.78, 5) is 0. The molecule has 0 aliphatic rings. The molecule has 0 spiro atoms. The summed E-state index contributed by atoms with van der Waals surface area (Å²) < 4.78 is 14.4. The zero-order valence-electron chi connectivity index (χ0n) is 44.4. The molecule has 378 valence electrons. The van der Waals surface area contributed by atoms with Crippen LogP contribution < -0.4 is 0 Å². The summed E-state index contributed by atoms with van der Waals surface area (Å²) >= 11 is 0. The van der Waals surface area contributed by atoms with Gasteiger partial charge in [-0.1, -0.05) is 237 Å². The third-order valence-electron chi connectivity index (χ3n) is 17.8. The second kappa shape index (κ2) is 17.3. The Kier molecular flexibility index (Phi) is 9.54. The van der Waals surface area contributed by atoms with Crippen molar-refractivity contribution in [1.82, 2.24) is 0 Å². The molecule has 0 saturated carbocycles. The standard InChI is InChI=1S/C80H46O2/c1-2-20-49-42-53(37-36-47(49)18-1)73-61-26-7-11-30-65(61)75(66-31-12-8-27-62(66)73)78-57-40-38-50(43-54(57)45-70-58-25-15-16-35-71(58)81-79(70)78)51-39-41-59-69-44-52-21-4-6-24-56(52)77(80(69)82-72(59)46-51)76-67-32-13-9-28-63(67)74(64-29-10-14-33-68(64)76)60-34-17-22-48-19-3-5-23-55(48)60/h1-46H. The molecule has 2 heterocycles. The Morgan fingerprint density at radius 2 is 0.573 bits per heavy atom. The van der Waals surface area contributed by atoms with E-state index in [4.69, 9.17) is 8.83 Å². The summed E-state index contributed by atoms with van der Waals surface area (Å²) in [5.41, 5.74) is 15.2. The van der Waals surface area contributed by atoms with Crippen LogP contribution in [-0.2, 0) is 0 Å². The topological polar surface area (TPSA) is 26.3 Å². The summed E-state index contributed by atoms with van der Waals surface area (Å²) in [5, 5.41) is 23.5. The summed E-state index contributed by atoms with van der Waals surface area (Å²) in [6, 6.07) is 102. The van der Waals surface area contributed by atoms with Crippen LogP contribution in [0.25, 0.3) is 186 Å². The number of rotatable bonds is 5. The van der Waals surface area contributed by atoms with E-state index >= 15 is 0 Å². The highest BCUT2D eigenvalue weighted by Crippen LogP contribution is 2.52. The Morgan fingerprint density at radius 1 is 0.171 bits per heavy atom. The molecule has 18 aromatic rings. The maximum Gasteiger partial charge on any atom is 0.143 e. The lowest BCUT2D eigenvalue weighted by Gasteiger charge is -2.20. The fourth-order valence-corrected chi connectivity index (χ4v) is 14.2. The van der Waals surface area contributed by atoms with Crippen LogP contribution in [0.3, 0.4) is 0 Å². The van der Waals surface area contributed by atoms with Gasteiger partial charge in [-0.2, -0.15) is 0 Å². The number of hydrogen-bond acceptors (Lipinski definition) is 2. The Bertz CT molecular complexity index is 5650. The number of furan rings is 2. The number of hydrogen-bond donors (Lipinski definition) is 0. The van der Waals surface area contributed by atoms with Crippen LogP contribution in [0.5, 0.6) is 0 Å². The zero-order valence-corrected chi connectivity index (χ0v) is 44.4. The van der Waals surface area contributed by atoms with Gasteiger partial charge in [-0.05, 0) is 162 Å². The summed E-state index contributed by atoms with van der Waals surface area (Å²) in [7, 11) is 0. The first-order valence-corrected chi connectivity index (χ1v) is 28.3. The predicted molar refractivity (Wildman–Crippen MR) is 348 cm³/mol. The quantitative estimate of drug-likeness (QED) is 0.161. The first kappa shape index (κ1) is 45.1. The molecule has 0 aliphatic carbocycles. The minimum Gasteiger partial charge on any atom is -0.455 e. The molecule has 0 N–H and O–H groups in total. The summed E-state index contributed by atoms with van der Waals surface area (Å²) in [5.74, 6) is 0. The van der Waals surface area contributed by atoms with Crippen LogP contribution in [-0.4, -0.2) is 0 Å². The summed E-state index contributed by atoms with van der Waals surface area (Å²) in [6.07, 6.45) is 0. The highest BCUT2D eigenvalue weighted by molar-refractivity contribution is 6.31. The van der Waals surface area contributed by atoms with E-state index in [1.807, 2.05) is 0 Å². The molecule has 0 aliphatic heterocycles. The third kappa shape index (κ3) is 6.52. The van der Waals surface area contributed by atoms with E-state index in [1.54, 1.807) is 0 Å². The Morgan fingerprint density at radius 3 is 1.21 bits per heavy atom. The number of fused-ring (bicyclic) bond motifs is 14. The minimum absolute atomic E-state index is 0.853. The van der Waals surface area contributed by atoms with Crippen LogP contribution in [0.1, 0.15) is 0 Å². The van der Waals surface area contributed by atoms with Crippen LogP contribution in [0.4, 0.5) is 0 Å². The number of benzene rings is 16. The molecule has 2 nitrogen and oxygen atoms in total. The average Bonchev–Trinajstić information content (AvgIpc) is 4.16. The lowest BCUT2D eigenvalue weighted by Crippen LogP contribution is -1.92. The third-order valence-corrected chi connectivity index (χ3v) is 17.8. The largest absolute Gasteiger partial charge is 0.455 e. The molecule has 0 bridgehead atoms. The van der Waals surface area contributed by atoms with Crippen LogP contribution in [0, 0.1) is 0 Å². The lowest BCUT2D eigenvalue weighted by molar-refractivity contribution is 0.670. The van der Waals surface area contributed by atoms with E-state index in [-0.39, 0.29) is 0 Å². The van der Waals surface area contributed by atoms with E-state index in [0.29, 0.717) is 0 Å².